The number of allylic oxidation sites excluding steroid dienone is 1. The number of nitrogens with zero attached hydrogens (tertiary/aromatic N) is 3. The van der Waals surface area contributed by atoms with Gasteiger partial charge in [0.05, 0.1) is 11.7 Å². The molecule has 0 aliphatic carbocycles. The molecule has 148 valence electrons. The summed E-state index contributed by atoms with van der Waals surface area (Å²) in [5, 5.41) is 4.38. The molecule has 0 saturated heterocycles. The Morgan fingerprint density at radius 2 is 1.83 bits per heavy atom. The molecule has 1 N–H and O–H groups in total. The van der Waals surface area contributed by atoms with Gasteiger partial charge in [-0.1, -0.05) is 66.7 Å². The first-order valence-corrected chi connectivity index (χ1v) is 10.1. The Kier molecular flexibility index (Phi) is 5.91. The molecule has 0 radical (unpaired) electrons. The minimum atomic E-state index is -0.402. The van der Waals surface area contributed by atoms with E-state index in [0.717, 1.165) is 16.0 Å². The van der Waals surface area contributed by atoms with Crippen LogP contribution in [0.25, 0.3) is 26.7 Å². The number of hydrazone groups is 1. The number of fused-ring (bicyclic) bond motifs is 1. The van der Waals surface area contributed by atoms with Crippen molar-refractivity contribution < 1.29 is 4.79 Å². The average molecular weight is 414 g/mol. The Morgan fingerprint density at radius 1 is 1.10 bits per heavy atom. The number of nitrogens with one attached hydrogen (secondary N) is 1. The second kappa shape index (κ2) is 9.11. The van der Waals surface area contributed by atoms with E-state index in [-0.39, 0.29) is 12.1 Å². The zero-order valence-corrected chi connectivity index (χ0v) is 16.8. The SMILES string of the molecule is O=C(Cn1cnc2sc(-c3ccccc3)cc2c1=O)NN=CC=Cc1ccccc1. The maximum Gasteiger partial charge on any atom is 0.262 e. The number of rotatable bonds is 6. The molecule has 0 unspecified atom stereocenters. The quantitative estimate of drug-likeness (QED) is 0.384. The van der Waals surface area contributed by atoms with Gasteiger partial charge in [-0.15, -0.1) is 11.3 Å². The molecular formula is C23H18N4O2S. The second-order valence-corrected chi connectivity index (χ2v) is 7.49. The summed E-state index contributed by atoms with van der Waals surface area (Å²) in [5.41, 5.74) is 4.23. The van der Waals surface area contributed by atoms with Crippen LogP contribution in [0.2, 0.25) is 0 Å². The van der Waals surface area contributed by atoms with Crippen LogP contribution in [-0.4, -0.2) is 21.7 Å². The average Bonchev–Trinajstić information content (AvgIpc) is 3.22. The van der Waals surface area contributed by atoms with Crippen molar-refractivity contribution in [1.82, 2.24) is 15.0 Å². The van der Waals surface area contributed by atoms with Gasteiger partial charge in [0, 0.05) is 11.1 Å². The highest BCUT2D eigenvalue weighted by Gasteiger charge is 2.12. The van der Waals surface area contributed by atoms with Gasteiger partial charge in [0.1, 0.15) is 11.4 Å². The molecule has 0 atom stereocenters. The molecule has 6 nitrogen and oxygen atoms in total. The van der Waals surface area contributed by atoms with Gasteiger partial charge < -0.3 is 0 Å². The predicted molar refractivity (Wildman–Crippen MR) is 121 cm³/mol. The van der Waals surface area contributed by atoms with Crippen molar-refractivity contribution >= 4 is 39.8 Å². The van der Waals surface area contributed by atoms with E-state index in [1.54, 1.807) is 6.08 Å². The molecule has 4 rings (SSSR count). The van der Waals surface area contributed by atoms with Crippen molar-refractivity contribution in [1.29, 1.82) is 0 Å². The summed E-state index contributed by atoms with van der Waals surface area (Å²) in [7, 11) is 0. The number of hydrogen-bond donors (Lipinski definition) is 1. The van der Waals surface area contributed by atoms with E-state index >= 15 is 0 Å². The monoisotopic (exact) mass is 414 g/mol. The van der Waals surface area contributed by atoms with Crippen LogP contribution in [0.3, 0.4) is 0 Å². The number of carbonyl (C=O) groups excluding carboxylic acids is 1. The zero-order chi connectivity index (χ0) is 20.8. The van der Waals surface area contributed by atoms with E-state index in [0.29, 0.717) is 10.2 Å². The van der Waals surface area contributed by atoms with E-state index in [1.165, 1.54) is 28.4 Å². The molecule has 2 aromatic carbocycles. The molecule has 2 heterocycles. The second-order valence-electron chi connectivity index (χ2n) is 6.46. The number of hydrogen-bond acceptors (Lipinski definition) is 5. The molecule has 2 aromatic heterocycles. The molecule has 4 aromatic rings. The van der Waals surface area contributed by atoms with Crippen molar-refractivity contribution in [2.45, 2.75) is 6.54 Å². The van der Waals surface area contributed by atoms with Crippen molar-refractivity contribution in [3.8, 4) is 10.4 Å². The maximum atomic E-state index is 12.7. The van der Waals surface area contributed by atoms with E-state index < -0.39 is 5.91 Å². The Bertz CT molecular complexity index is 1280. The lowest BCUT2D eigenvalue weighted by molar-refractivity contribution is -0.121. The van der Waals surface area contributed by atoms with Crippen molar-refractivity contribution in [2.24, 2.45) is 5.10 Å². The van der Waals surface area contributed by atoms with Crippen LogP contribution < -0.4 is 11.0 Å². The Labute approximate surface area is 176 Å². The van der Waals surface area contributed by atoms with Crippen LogP contribution in [0, 0.1) is 0 Å². The number of aromatic nitrogens is 2. The van der Waals surface area contributed by atoms with Crippen LogP contribution in [0.5, 0.6) is 0 Å². The smallest absolute Gasteiger partial charge is 0.262 e. The highest BCUT2D eigenvalue weighted by atomic mass is 32.1. The standard InChI is InChI=1S/C23H18N4O2S/c28-21(26-25-13-7-10-17-8-3-1-4-9-17)15-27-16-24-22-19(23(27)29)14-20(30-22)18-11-5-2-6-12-18/h1-14,16H,15H2,(H,26,28). The van der Waals surface area contributed by atoms with E-state index in [2.05, 4.69) is 15.5 Å². The summed E-state index contributed by atoms with van der Waals surface area (Å²) in [5.74, 6) is -0.402. The van der Waals surface area contributed by atoms with Crippen LogP contribution in [0.15, 0.2) is 89.0 Å². The highest BCUT2D eigenvalue weighted by molar-refractivity contribution is 7.21. The third-order valence-corrected chi connectivity index (χ3v) is 5.42. The Balaban J connectivity index is 1.42. The largest absolute Gasteiger partial charge is 0.289 e. The first-order valence-electron chi connectivity index (χ1n) is 9.29. The maximum absolute atomic E-state index is 12.7. The van der Waals surface area contributed by atoms with E-state index in [9.17, 15) is 9.59 Å². The predicted octanol–water partition coefficient (Wildman–Crippen LogP) is 3.94. The van der Waals surface area contributed by atoms with Gasteiger partial charge in [-0.2, -0.15) is 5.10 Å². The molecule has 7 heteroatoms. The molecule has 0 fully saturated rings. The van der Waals surface area contributed by atoms with Crippen LogP contribution in [-0.2, 0) is 11.3 Å². The lowest BCUT2D eigenvalue weighted by Crippen LogP contribution is -2.29. The normalized spacial score (nSPS) is 11.5. The number of thiophene rings is 1. The van der Waals surface area contributed by atoms with Gasteiger partial charge in [-0.25, -0.2) is 10.4 Å². The Hall–Kier alpha value is -3.84. The minimum Gasteiger partial charge on any atom is -0.289 e. The molecule has 0 spiro atoms. The summed E-state index contributed by atoms with van der Waals surface area (Å²) >= 11 is 1.45. The number of benzene rings is 2. The van der Waals surface area contributed by atoms with Crippen molar-refractivity contribution in [2.75, 3.05) is 0 Å². The molecule has 0 aliphatic rings. The topological polar surface area (TPSA) is 76.3 Å². The third kappa shape index (κ3) is 4.59. The van der Waals surface area contributed by atoms with Crippen LogP contribution in [0.4, 0.5) is 0 Å². The van der Waals surface area contributed by atoms with Crippen molar-refractivity contribution in [3.05, 3.63) is 95.1 Å². The minimum absolute atomic E-state index is 0.155. The molecule has 30 heavy (non-hydrogen) atoms. The zero-order valence-electron chi connectivity index (χ0n) is 15.9. The Morgan fingerprint density at radius 3 is 2.60 bits per heavy atom. The summed E-state index contributed by atoms with van der Waals surface area (Å²) in [6.07, 6.45) is 6.49. The molecule has 0 bridgehead atoms. The molecule has 0 aliphatic heterocycles. The first-order chi connectivity index (χ1) is 14.7. The molecular weight excluding hydrogens is 396 g/mol. The summed E-state index contributed by atoms with van der Waals surface area (Å²) in [6, 6.07) is 21.4. The summed E-state index contributed by atoms with van der Waals surface area (Å²) < 4.78 is 1.29. The van der Waals surface area contributed by atoms with Gasteiger partial charge in [0.2, 0.25) is 0 Å². The van der Waals surface area contributed by atoms with Gasteiger partial charge >= 0.3 is 0 Å². The lowest BCUT2D eigenvalue weighted by atomic mass is 10.2. The van der Waals surface area contributed by atoms with E-state index in [4.69, 9.17) is 0 Å². The lowest BCUT2D eigenvalue weighted by Gasteiger charge is -2.03. The van der Waals surface area contributed by atoms with Crippen LogP contribution in [0.1, 0.15) is 5.56 Å². The number of carbonyl (C=O) groups is 1. The van der Waals surface area contributed by atoms with Crippen LogP contribution >= 0.6 is 11.3 Å². The fraction of sp³-hybridized carbons (Fsp3) is 0.0435. The fourth-order valence-electron chi connectivity index (χ4n) is 2.88. The van der Waals surface area contributed by atoms with Gasteiger partial charge in [0.25, 0.3) is 11.5 Å². The van der Waals surface area contributed by atoms with Gasteiger partial charge in [0.15, 0.2) is 0 Å². The number of amides is 1. The first kappa shape index (κ1) is 19.5. The van der Waals surface area contributed by atoms with Gasteiger partial charge in [-0.3, -0.25) is 14.2 Å². The molecule has 1 amide bonds. The summed E-state index contributed by atoms with van der Waals surface area (Å²) in [6.45, 7) is -0.155. The van der Waals surface area contributed by atoms with Crippen molar-refractivity contribution in [3.63, 3.8) is 0 Å². The molecule has 0 saturated carbocycles. The third-order valence-electron chi connectivity index (χ3n) is 4.33. The fourth-order valence-corrected chi connectivity index (χ4v) is 3.87. The van der Waals surface area contributed by atoms with Gasteiger partial charge in [-0.05, 0) is 23.3 Å². The summed E-state index contributed by atoms with van der Waals surface area (Å²) in [4.78, 5) is 30.8. The van der Waals surface area contributed by atoms with E-state index in [1.807, 2.05) is 72.8 Å². The highest BCUT2D eigenvalue weighted by Crippen LogP contribution is 2.30.